The fourth-order valence-corrected chi connectivity index (χ4v) is 1.81. The Kier molecular flexibility index (Phi) is 6.40. The third kappa shape index (κ3) is 6.38. The normalized spacial score (nSPS) is 14.7. The minimum atomic E-state index is -0.886. The van der Waals surface area contributed by atoms with Crippen molar-refractivity contribution in [1.82, 2.24) is 5.32 Å². The molecule has 2 N–H and O–H groups in total. The van der Waals surface area contributed by atoms with Crippen LogP contribution in [0.2, 0.25) is 0 Å². The van der Waals surface area contributed by atoms with E-state index >= 15 is 0 Å². The van der Waals surface area contributed by atoms with Gasteiger partial charge in [-0.25, -0.2) is 0 Å². The van der Waals surface area contributed by atoms with Crippen molar-refractivity contribution in [3.05, 3.63) is 0 Å². The number of aliphatic carboxylic acids is 1. The molecule has 2 atom stereocenters. The average Bonchev–Trinajstić information content (AvgIpc) is 2.13. The quantitative estimate of drug-likeness (QED) is 0.727. The number of carbonyl (C=O) groups excluding carboxylic acids is 1. The van der Waals surface area contributed by atoms with Crippen molar-refractivity contribution in [3.8, 4) is 0 Å². The number of hydrogen-bond acceptors (Lipinski definition) is 3. The molecule has 0 aliphatic heterocycles. The van der Waals surface area contributed by atoms with Crippen molar-refractivity contribution in [3.63, 3.8) is 0 Å². The Hall–Kier alpha value is -0.710. The van der Waals surface area contributed by atoms with E-state index in [1.165, 1.54) is 0 Å². The van der Waals surface area contributed by atoms with Crippen LogP contribution in [-0.4, -0.2) is 34.0 Å². The summed E-state index contributed by atoms with van der Waals surface area (Å²) < 4.78 is 0. The van der Waals surface area contributed by atoms with Gasteiger partial charge in [-0.2, -0.15) is 0 Å². The molecule has 0 rings (SSSR count). The summed E-state index contributed by atoms with van der Waals surface area (Å²) in [6, 6.07) is 0. The first-order valence-corrected chi connectivity index (χ1v) is 5.94. The van der Waals surface area contributed by atoms with E-state index < -0.39 is 11.2 Å². The SMILES string of the molecule is CC(C)CNC(=O)C(C)SC(C)C(=O)O. The fourth-order valence-electron chi connectivity index (χ4n) is 0.875. The lowest BCUT2D eigenvalue weighted by atomic mass is 10.2. The van der Waals surface area contributed by atoms with Crippen molar-refractivity contribution in [2.45, 2.75) is 38.2 Å². The van der Waals surface area contributed by atoms with Gasteiger partial charge in [-0.1, -0.05) is 13.8 Å². The minimum Gasteiger partial charge on any atom is -0.480 e. The van der Waals surface area contributed by atoms with Gasteiger partial charge in [-0.15, -0.1) is 11.8 Å². The van der Waals surface area contributed by atoms with Crippen LogP contribution in [-0.2, 0) is 9.59 Å². The van der Waals surface area contributed by atoms with E-state index in [0.29, 0.717) is 12.5 Å². The lowest BCUT2D eigenvalue weighted by molar-refractivity contribution is -0.136. The van der Waals surface area contributed by atoms with Crippen molar-refractivity contribution < 1.29 is 14.7 Å². The average molecular weight is 233 g/mol. The molecule has 0 saturated heterocycles. The number of hydrogen-bond donors (Lipinski definition) is 2. The highest BCUT2D eigenvalue weighted by Crippen LogP contribution is 2.17. The predicted molar refractivity (Wildman–Crippen MR) is 62.0 cm³/mol. The van der Waals surface area contributed by atoms with E-state index in [2.05, 4.69) is 5.32 Å². The summed E-state index contributed by atoms with van der Waals surface area (Å²) >= 11 is 1.16. The number of thioether (sulfide) groups is 1. The van der Waals surface area contributed by atoms with Crippen molar-refractivity contribution >= 4 is 23.6 Å². The van der Waals surface area contributed by atoms with Gasteiger partial charge in [-0.3, -0.25) is 9.59 Å². The zero-order valence-electron chi connectivity index (χ0n) is 9.61. The van der Waals surface area contributed by atoms with Gasteiger partial charge in [0.15, 0.2) is 0 Å². The number of carboxylic acids is 1. The third-order valence-electron chi connectivity index (χ3n) is 1.81. The second-order valence-electron chi connectivity index (χ2n) is 3.90. The molecular formula is C10H19NO3S. The van der Waals surface area contributed by atoms with Crippen LogP contribution in [0, 0.1) is 5.92 Å². The monoisotopic (exact) mass is 233 g/mol. The van der Waals surface area contributed by atoms with Crippen LogP contribution in [0.1, 0.15) is 27.7 Å². The van der Waals surface area contributed by atoms with Crippen molar-refractivity contribution in [2.24, 2.45) is 5.92 Å². The maximum absolute atomic E-state index is 11.5. The highest BCUT2D eigenvalue weighted by molar-refractivity contribution is 8.01. The molecule has 4 nitrogen and oxygen atoms in total. The van der Waals surface area contributed by atoms with Crippen LogP contribution in [0.25, 0.3) is 0 Å². The van der Waals surface area contributed by atoms with Crippen molar-refractivity contribution in [2.75, 3.05) is 6.54 Å². The van der Waals surface area contributed by atoms with Crippen LogP contribution < -0.4 is 5.32 Å². The van der Waals surface area contributed by atoms with Gasteiger partial charge >= 0.3 is 5.97 Å². The van der Waals surface area contributed by atoms with Gasteiger partial charge in [0.25, 0.3) is 0 Å². The van der Waals surface area contributed by atoms with Crippen LogP contribution in [0.5, 0.6) is 0 Å². The number of carboxylic acid groups (broad SMARTS) is 1. The number of nitrogens with one attached hydrogen (secondary N) is 1. The molecule has 0 aromatic rings. The molecule has 0 spiro atoms. The summed E-state index contributed by atoms with van der Waals surface area (Å²) in [4.78, 5) is 22.1. The molecule has 0 bridgehead atoms. The summed E-state index contributed by atoms with van der Waals surface area (Å²) in [6.07, 6.45) is 0. The van der Waals surface area contributed by atoms with E-state index in [0.717, 1.165) is 11.8 Å². The molecule has 0 aromatic heterocycles. The van der Waals surface area contributed by atoms with Gasteiger partial charge in [0.1, 0.15) is 5.25 Å². The second-order valence-corrected chi connectivity index (χ2v) is 5.58. The summed E-state index contributed by atoms with van der Waals surface area (Å²) in [7, 11) is 0. The number of rotatable bonds is 6. The van der Waals surface area contributed by atoms with Crippen LogP contribution in [0.3, 0.4) is 0 Å². The van der Waals surface area contributed by atoms with Gasteiger partial charge < -0.3 is 10.4 Å². The Labute approximate surface area is 94.8 Å². The van der Waals surface area contributed by atoms with Crippen molar-refractivity contribution in [1.29, 1.82) is 0 Å². The lowest BCUT2D eigenvalue weighted by Crippen LogP contribution is -2.35. The van der Waals surface area contributed by atoms with E-state index in [1.807, 2.05) is 13.8 Å². The zero-order valence-corrected chi connectivity index (χ0v) is 10.4. The number of carbonyl (C=O) groups is 2. The van der Waals surface area contributed by atoms with Gasteiger partial charge in [0, 0.05) is 6.54 Å². The van der Waals surface area contributed by atoms with Crippen LogP contribution in [0.4, 0.5) is 0 Å². The zero-order chi connectivity index (χ0) is 12.0. The Morgan fingerprint density at radius 1 is 1.20 bits per heavy atom. The molecule has 1 amide bonds. The second kappa shape index (κ2) is 6.71. The molecule has 0 fully saturated rings. The first kappa shape index (κ1) is 14.3. The summed E-state index contributed by atoms with van der Waals surface area (Å²) in [5, 5.41) is 10.6. The Bertz CT molecular complexity index is 231. The lowest BCUT2D eigenvalue weighted by Gasteiger charge is -2.15. The number of amides is 1. The first-order valence-electron chi connectivity index (χ1n) is 5.00. The highest BCUT2D eigenvalue weighted by atomic mass is 32.2. The van der Waals surface area contributed by atoms with Gasteiger partial charge in [-0.05, 0) is 19.8 Å². The van der Waals surface area contributed by atoms with Crippen LogP contribution >= 0.6 is 11.8 Å². The topological polar surface area (TPSA) is 66.4 Å². The summed E-state index contributed by atoms with van der Waals surface area (Å²) in [5.74, 6) is -0.576. The standard InChI is InChI=1S/C10H19NO3S/c1-6(2)5-11-9(12)7(3)15-8(4)10(13)14/h6-8H,5H2,1-4H3,(H,11,12)(H,13,14). The minimum absolute atomic E-state index is 0.0956. The van der Waals surface area contributed by atoms with Crippen LogP contribution in [0.15, 0.2) is 0 Å². The molecule has 0 aromatic carbocycles. The maximum Gasteiger partial charge on any atom is 0.316 e. The summed E-state index contributed by atoms with van der Waals surface area (Å²) in [6.45, 7) is 7.96. The Balaban J connectivity index is 3.93. The molecule has 88 valence electrons. The maximum atomic E-state index is 11.5. The largest absolute Gasteiger partial charge is 0.480 e. The molecule has 15 heavy (non-hydrogen) atoms. The smallest absolute Gasteiger partial charge is 0.316 e. The summed E-state index contributed by atoms with van der Waals surface area (Å²) in [5.41, 5.74) is 0. The van der Waals surface area contributed by atoms with Gasteiger partial charge in [0.2, 0.25) is 5.91 Å². The van der Waals surface area contributed by atoms with Gasteiger partial charge in [0.05, 0.1) is 5.25 Å². The predicted octanol–water partition coefficient (Wildman–Crippen LogP) is 1.35. The Morgan fingerprint density at radius 3 is 2.13 bits per heavy atom. The van der Waals surface area contributed by atoms with E-state index in [1.54, 1.807) is 13.8 Å². The molecule has 5 heteroatoms. The molecule has 0 aliphatic carbocycles. The molecule has 2 unspecified atom stereocenters. The van der Waals surface area contributed by atoms with E-state index in [4.69, 9.17) is 5.11 Å². The molecule has 0 aliphatic rings. The van der Waals surface area contributed by atoms with E-state index in [-0.39, 0.29) is 11.2 Å². The Morgan fingerprint density at radius 2 is 1.73 bits per heavy atom. The molecule has 0 heterocycles. The molecule has 0 saturated carbocycles. The molecule has 0 radical (unpaired) electrons. The third-order valence-corrected chi connectivity index (χ3v) is 3.04. The fraction of sp³-hybridized carbons (Fsp3) is 0.800. The van der Waals surface area contributed by atoms with E-state index in [9.17, 15) is 9.59 Å². The molecular weight excluding hydrogens is 214 g/mol. The first-order chi connectivity index (χ1) is 6.84. The highest BCUT2D eigenvalue weighted by Gasteiger charge is 2.20.